The van der Waals surface area contributed by atoms with E-state index in [0.29, 0.717) is 29.7 Å². The number of hydrogen-bond donors (Lipinski definition) is 0. The van der Waals surface area contributed by atoms with Gasteiger partial charge in [-0.05, 0) is 42.3 Å². The highest BCUT2D eigenvalue weighted by molar-refractivity contribution is 6.30. The molecule has 0 aliphatic carbocycles. The van der Waals surface area contributed by atoms with Crippen molar-refractivity contribution in [1.82, 2.24) is 15.0 Å². The number of ether oxygens (including phenoxy) is 3. The van der Waals surface area contributed by atoms with E-state index in [-0.39, 0.29) is 6.10 Å². The summed E-state index contributed by atoms with van der Waals surface area (Å²) in [5.74, 6) is 1.38. The zero-order chi connectivity index (χ0) is 19.2. The van der Waals surface area contributed by atoms with Crippen molar-refractivity contribution in [3.05, 3.63) is 70.5 Å². The molecule has 0 amide bonds. The van der Waals surface area contributed by atoms with Crippen LogP contribution in [-0.4, -0.2) is 35.8 Å². The molecule has 0 radical (unpaired) electrons. The van der Waals surface area contributed by atoms with Crippen molar-refractivity contribution in [2.45, 2.75) is 19.6 Å². The van der Waals surface area contributed by atoms with Gasteiger partial charge >= 0.3 is 0 Å². The molecule has 3 aromatic rings. The van der Waals surface area contributed by atoms with Gasteiger partial charge < -0.3 is 14.2 Å². The van der Waals surface area contributed by atoms with Crippen molar-refractivity contribution >= 4 is 11.6 Å². The average molecular weight is 388 g/mol. The Morgan fingerprint density at radius 2 is 1.78 bits per heavy atom. The highest BCUT2D eigenvalue weighted by Crippen LogP contribution is 2.28. The Hall–Kier alpha value is -2.57. The van der Waals surface area contributed by atoms with Crippen molar-refractivity contribution in [3.8, 4) is 11.5 Å². The van der Waals surface area contributed by atoms with Crippen LogP contribution in [0.4, 0.5) is 0 Å². The summed E-state index contributed by atoms with van der Waals surface area (Å²) in [7, 11) is 3.24. The zero-order valence-corrected chi connectivity index (χ0v) is 16.3. The maximum atomic E-state index is 5.99. The first-order chi connectivity index (χ1) is 13.1. The maximum Gasteiger partial charge on any atom is 0.161 e. The van der Waals surface area contributed by atoms with Crippen LogP contribution in [0.1, 0.15) is 29.8 Å². The summed E-state index contributed by atoms with van der Waals surface area (Å²) in [6.07, 6.45) is 1.61. The monoisotopic (exact) mass is 387 g/mol. The van der Waals surface area contributed by atoms with Crippen LogP contribution in [0.5, 0.6) is 11.5 Å². The summed E-state index contributed by atoms with van der Waals surface area (Å²) in [5, 5.41) is 9.24. The molecule has 1 aromatic heterocycles. The summed E-state index contributed by atoms with van der Waals surface area (Å²) in [6.45, 7) is 3.08. The van der Waals surface area contributed by atoms with E-state index in [2.05, 4.69) is 10.3 Å². The summed E-state index contributed by atoms with van der Waals surface area (Å²) >= 11 is 5.99. The lowest BCUT2D eigenvalue weighted by Gasteiger charge is -2.14. The van der Waals surface area contributed by atoms with Crippen LogP contribution in [0.15, 0.2) is 48.7 Å². The van der Waals surface area contributed by atoms with Gasteiger partial charge in [0, 0.05) is 11.6 Å². The lowest BCUT2D eigenvalue weighted by Crippen LogP contribution is -2.06. The molecule has 0 N–H and O–H groups in total. The number of halogens is 1. The molecule has 2 aromatic carbocycles. The molecule has 3 rings (SSSR count). The van der Waals surface area contributed by atoms with E-state index in [1.165, 1.54) is 0 Å². The molecule has 0 aliphatic rings. The molecule has 1 atom stereocenters. The highest BCUT2D eigenvalue weighted by Gasteiger charge is 2.18. The fourth-order valence-electron chi connectivity index (χ4n) is 2.83. The van der Waals surface area contributed by atoms with Crippen molar-refractivity contribution in [3.63, 3.8) is 0 Å². The van der Waals surface area contributed by atoms with Crippen LogP contribution in [0.2, 0.25) is 5.02 Å². The smallest absolute Gasteiger partial charge is 0.161 e. The number of methoxy groups -OCH3 is 2. The Balaban J connectivity index is 1.81. The fourth-order valence-corrected chi connectivity index (χ4v) is 2.96. The van der Waals surface area contributed by atoms with Gasteiger partial charge in [-0.3, -0.25) is 0 Å². The number of rotatable bonds is 8. The maximum absolute atomic E-state index is 5.99. The Morgan fingerprint density at radius 3 is 2.44 bits per heavy atom. The predicted molar refractivity (Wildman–Crippen MR) is 104 cm³/mol. The van der Waals surface area contributed by atoms with Crippen molar-refractivity contribution in [2.75, 3.05) is 20.8 Å². The van der Waals surface area contributed by atoms with Gasteiger partial charge in [-0.2, -0.15) is 0 Å². The van der Waals surface area contributed by atoms with Gasteiger partial charge in [0.2, 0.25) is 0 Å². The van der Waals surface area contributed by atoms with E-state index < -0.39 is 0 Å². The van der Waals surface area contributed by atoms with Gasteiger partial charge in [-0.25, -0.2) is 4.68 Å². The van der Waals surface area contributed by atoms with E-state index in [1.54, 1.807) is 18.9 Å². The van der Waals surface area contributed by atoms with E-state index in [0.717, 1.165) is 16.8 Å². The molecule has 0 bridgehead atoms. The molecule has 0 saturated heterocycles. The number of benzene rings is 2. The number of aromatic nitrogens is 3. The van der Waals surface area contributed by atoms with E-state index in [1.807, 2.05) is 55.6 Å². The molecule has 27 heavy (non-hydrogen) atoms. The molecule has 1 unspecified atom stereocenters. The first kappa shape index (κ1) is 19.2. The molecule has 142 valence electrons. The summed E-state index contributed by atoms with van der Waals surface area (Å²) < 4.78 is 18.3. The quantitative estimate of drug-likeness (QED) is 0.581. The SMILES string of the molecule is CCOC(c1ccc(Cl)cc1)c1cn(Cc2ccc(OC)c(OC)c2)nn1. The molecular weight excluding hydrogens is 366 g/mol. The molecule has 1 heterocycles. The minimum Gasteiger partial charge on any atom is -0.493 e. The van der Waals surface area contributed by atoms with E-state index in [9.17, 15) is 0 Å². The van der Waals surface area contributed by atoms with E-state index in [4.69, 9.17) is 25.8 Å². The lowest BCUT2D eigenvalue weighted by molar-refractivity contribution is 0.0883. The second-order valence-corrected chi connectivity index (χ2v) is 6.35. The van der Waals surface area contributed by atoms with Crippen LogP contribution in [-0.2, 0) is 11.3 Å². The summed E-state index contributed by atoms with van der Waals surface area (Å²) in [4.78, 5) is 0. The third kappa shape index (κ3) is 4.59. The molecule has 0 fully saturated rings. The summed E-state index contributed by atoms with van der Waals surface area (Å²) in [6, 6.07) is 13.4. The van der Waals surface area contributed by atoms with Gasteiger partial charge in [0.05, 0.1) is 27.0 Å². The van der Waals surface area contributed by atoms with Crippen molar-refractivity contribution in [1.29, 1.82) is 0 Å². The Bertz CT molecular complexity index is 880. The van der Waals surface area contributed by atoms with E-state index >= 15 is 0 Å². The highest BCUT2D eigenvalue weighted by atomic mass is 35.5. The van der Waals surface area contributed by atoms with Crippen LogP contribution in [0.25, 0.3) is 0 Å². The largest absolute Gasteiger partial charge is 0.493 e. The van der Waals surface area contributed by atoms with Crippen LogP contribution < -0.4 is 9.47 Å². The normalized spacial score (nSPS) is 12.0. The second-order valence-electron chi connectivity index (χ2n) is 5.92. The molecule has 0 aliphatic heterocycles. The minimum absolute atomic E-state index is 0.286. The third-order valence-electron chi connectivity index (χ3n) is 4.12. The molecular formula is C20H22ClN3O3. The van der Waals surface area contributed by atoms with Gasteiger partial charge in [0.25, 0.3) is 0 Å². The second kappa shape index (κ2) is 8.88. The minimum atomic E-state index is -0.286. The number of hydrogen-bond acceptors (Lipinski definition) is 5. The average Bonchev–Trinajstić information content (AvgIpc) is 3.15. The fraction of sp³-hybridized carbons (Fsp3) is 0.300. The molecule has 0 saturated carbocycles. The first-order valence-electron chi connectivity index (χ1n) is 8.62. The van der Waals surface area contributed by atoms with Crippen LogP contribution in [0, 0.1) is 0 Å². The van der Waals surface area contributed by atoms with Crippen LogP contribution in [0.3, 0.4) is 0 Å². The Kier molecular flexibility index (Phi) is 6.32. The molecule has 7 heteroatoms. The standard InChI is InChI=1S/C20H22ClN3O3/c1-4-27-20(15-6-8-16(21)9-7-15)17-13-24(23-22-17)12-14-5-10-18(25-2)19(11-14)26-3/h5-11,13,20H,4,12H2,1-3H3. The summed E-state index contributed by atoms with van der Waals surface area (Å²) in [5.41, 5.74) is 2.77. The van der Waals surface area contributed by atoms with Gasteiger partial charge in [0.15, 0.2) is 11.5 Å². The Morgan fingerprint density at radius 1 is 1.04 bits per heavy atom. The van der Waals surface area contributed by atoms with Crippen molar-refractivity contribution < 1.29 is 14.2 Å². The van der Waals surface area contributed by atoms with Gasteiger partial charge in [0.1, 0.15) is 11.8 Å². The van der Waals surface area contributed by atoms with Gasteiger partial charge in [-0.15, -0.1) is 5.10 Å². The topological polar surface area (TPSA) is 58.4 Å². The zero-order valence-electron chi connectivity index (χ0n) is 15.6. The van der Waals surface area contributed by atoms with Crippen LogP contribution >= 0.6 is 11.6 Å². The van der Waals surface area contributed by atoms with Crippen molar-refractivity contribution in [2.24, 2.45) is 0 Å². The first-order valence-corrected chi connectivity index (χ1v) is 9.00. The lowest BCUT2D eigenvalue weighted by atomic mass is 10.1. The Labute approximate surface area is 163 Å². The third-order valence-corrected chi connectivity index (χ3v) is 4.38. The predicted octanol–water partition coefficient (Wildman–Crippen LogP) is 4.12. The van der Waals surface area contributed by atoms with Gasteiger partial charge in [-0.1, -0.05) is 35.0 Å². The molecule has 0 spiro atoms. The number of nitrogens with zero attached hydrogens (tertiary/aromatic N) is 3. The molecule has 6 nitrogen and oxygen atoms in total.